The zero-order chi connectivity index (χ0) is 14.3. The fourth-order valence-corrected chi connectivity index (χ4v) is 2.55. The number of carbonyl (C=O) groups excluding carboxylic acids is 1. The Morgan fingerprint density at radius 2 is 2.21 bits per heavy atom. The summed E-state index contributed by atoms with van der Waals surface area (Å²) in [6, 6.07) is 1.98. The van der Waals surface area contributed by atoms with Gasteiger partial charge in [-0.3, -0.25) is 4.79 Å². The minimum Gasteiger partial charge on any atom is -0.395 e. The molecule has 0 radical (unpaired) electrons. The second-order valence-electron chi connectivity index (χ2n) is 4.98. The standard InChI is InChI=1S/C15H21NO2S/c1-11(2)8-12(3)16-15(18)13-9-14(19-10-13)6-4-5-7-17/h9-12,17H,5,7-8H2,1-3H3,(H,16,18). The number of amides is 1. The fourth-order valence-electron chi connectivity index (χ4n) is 1.80. The molecule has 2 N–H and O–H groups in total. The van der Waals surface area contributed by atoms with E-state index in [9.17, 15) is 4.79 Å². The Balaban J connectivity index is 2.56. The quantitative estimate of drug-likeness (QED) is 0.814. The fraction of sp³-hybridized carbons (Fsp3) is 0.533. The highest BCUT2D eigenvalue weighted by molar-refractivity contribution is 7.10. The molecule has 1 aromatic rings. The lowest BCUT2D eigenvalue weighted by Gasteiger charge is -2.15. The molecule has 0 fully saturated rings. The largest absolute Gasteiger partial charge is 0.395 e. The molecule has 0 aromatic carbocycles. The van der Waals surface area contributed by atoms with Crippen LogP contribution in [0, 0.1) is 17.8 Å². The third kappa shape index (κ3) is 5.91. The molecular weight excluding hydrogens is 258 g/mol. The maximum Gasteiger partial charge on any atom is 0.252 e. The first-order valence-corrected chi connectivity index (χ1v) is 7.40. The van der Waals surface area contributed by atoms with Crippen LogP contribution in [0.5, 0.6) is 0 Å². The van der Waals surface area contributed by atoms with E-state index in [0.717, 1.165) is 11.3 Å². The van der Waals surface area contributed by atoms with Crippen LogP contribution >= 0.6 is 11.3 Å². The molecule has 1 amide bonds. The first-order chi connectivity index (χ1) is 9.02. The van der Waals surface area contributed by atoms with Crippen LogP contribution in [0.4, 0.5) is 0 Å². The maximum atomic E-state index is 12.0. The third-order valence-electron chi connectivity index (χ3n) is 2.51. The van der Waals surface area contributed by atoms with Crippen molar-refractivity contribution in [3.8, 4) is 11.8 Å². The van der Waals surface area contributed by atoms with Crippen LogP contribution in [0.1, 0.15) is 48.8 Å². The minimum atomic E-state index is -0.0420. The summed E-state index contributed by atoms with van der Waals surface area (Å²) in [4.78, 5) is 12.8. The summed E-state index contributed by atoms with van der Waals surface area (Å²) in [5, 5.41) is 13.5. The first kappa shape index (κ1) is 15.7. The smallest absolute Gasteiger partial charge is 0.252 e. The van der Waals surface area contributed by atoms with E-state index in [0.29, 0.717) is 17.9 Å². The van der Waals surface area contributed by atoms with Crippen LogP contribution in [-0.4, -0.2) is 23.7 Å². The van der Waals surface area contributed by atoms with Gasteiger partial charge in [0.2, 0.25) is 0 Å². The highest BCUT2D eigenvalue weighted by atomic mass is 32.1. The van der Waals surface area contributed by atoms with Gasteiger partial charge < -0.3 is 10.4 Å². The van der Waals surface area contributed by atoms with E-state index in [4.69, 9.17) is 5.11 Å². The monoisotopic (exact) mass is 279 g/mol. The van der Waals surface area contributed by atoms with E-state index >= 15 is 0 Å². The van der Waals surface area contributed by atoms with Crippen molar-refractivity contribution in [2.45, 2.75) is 39.7 Å². The molecule has 0 aliphatic rings. The summed E-state index contributed by atoms with van der Waals surface area (Å²) >= 11 is 1.45. The van der Waals surface area contributed by atoms with E-state index in [2.05, 4.69) is 31.0 Å². The Labute approximate surface area is 119 Å². The number of aliphatic hydroxyl groups excluding tert-OH is 1. The van der Waals surface area contributed by atoms with Crippen LogP contribution in [-0.2, 0) is 0 Å². The van der Waals surface area contributed by atoms with E-state index in [-0.39, 0.29) is 18.6 Å². The lowest BCUT2D eigenvalue weighted by molar-refractivity contribution is 0.0936. The van der Waals surface area contributed by atoms with Crippen molar-refractivity contribution < 1.29 is 9.90 Å². The zero-order valence-corrected chi connectivity index (χ0v) is 12.5. The highest BCUT2D eigenvalue weighted by Gasteiger charge is 2.12. The molecule has 3 nitrogen and oxygen atoms in total. The summed E-state index contributed by atoms with van der Waals surface area (Å²) in [5.41, 5.74) is 0.661. The molecule has 0 bridgehead atoms. The maximum absolute atomic E-state index is 12.0. The number of hydrogen-bond acceptors (Lipinski definition) is 3. The van der Waals surface area contributed by atoms with Crippen LogP contribution < -0.4 is 5.32 Å². The molecular formula is C15H21NO2S. The molecule has 1 rings (SSSR count). The number of aliphatic hydroxyl groups is 1. The predicted molar refractivity (Wildman–Crippen MR) is 79.3 cm³/mol. The number of carbonyl (C=O) groups is 1. The molecule has 0 aliphatic carbocycles. The zero-order valence-electron chi connectivity index (χ0n) is 11.7. The Bertz CT molecular complexity index is 468. The van der Waals surface area contributed by atoms with Crippen LogP contribution in [0.2, 0.25) is 0 Å². The van der Waals surface area contributed by atoms with Gasteiger partial charge in [0.15, 0.2) is 0 Å². The van der Waals surface area contributed by atoms with Gasteiger partial charge in [0.1, 0.15) is 0 Å². The minimum absolute atomic E-state index is 0.0420. The average molecular weight is 279 g/mol. The highest BCUT2D eigenvalue weighted by Crippen LogP contribution is 2.14. The van der Waals surface area contributed by atoms with Gasteiger partial charge in [-0.2, -0.15) is 0 Å². The summed E-state index contributed by atoms with van der Waals surface area (Å²) in [7, 11) is 0. The predicted octanol–water partition coefficient (Wildman–Crippen LogP) is 2.65. The van der Waals surface area contributed by atoms with Gasteiger partial charge in [0.05, 0.1) is 17.0 Å². The number of hydrogen-bond donors (Lipinski definition) is 2. The topological polar surface area (TPSA) is 49.3 Å². The second-order valence-corrected chi connectivity index (χ2v) is 5.89. The molecule has 104 valence electrons. The molecule has 1 unspecified atom stereocenters. The van der Waals surface area contributed by atoms with Crippen molar-refractivity contribution in [2.24, 2.45) is 5.92 Å². The van der Waals surface area contributed by atoms with Crippen LogP contribution in [0.3, 0.4) is 0 Å². The van der Waals surface area contributed by atoms with Crippen molar-refractivity contribution in [1.82, 2.24) is 5.32 Å². The first-order valence-electron chi connectivity index (χ1n) is 6.52. The Hall–Kier alpha value is -1.31. The summed E-state index contributed by atoms with van der Waals surface area (Å²) in [6.07, 6.45) is 1.43. The number of thiophene rings is 1. The number of nitrogens with one attached hydrogen (secondary N) is 1. The molecule has 0 saturated heterocycles. The van der Waals surface area contributed by atoms with Gasteiger partial charge in [-0.15, -0.1) is 11.3 Å². The molecule has 0 aliphatic heterocycles. The molecule has 1 atom stereocenters. The van der Waals surface area contributed by atoms with Gasteiger partial charge in [0.25, 0.3) is 5.91 Å². The second kappa shape index (κ2) is 7.98. The van der Waals surface area contributed by atoms with E-state index in [1.54, 1.807) is 6.07 Å². The van der Waals surface area contributed by atoms with Crippen LogP contribution in [0.15, 0.2) is 11.4 Å². The van der Waals surface area contributed by atoms with E-state index in [1.165, 1.54) is 11.3 Å². The van der Waals surface area contributed by atoms with Crippen molar-refractivity contribution in [2.75, 3.05) is 6.61 Å². The normalized spacial score (nSPS) is 11.8. The van der Waals surface area contributed by atoms with E-state index < -0.39 is 0 Å². The Morgan fingerprint density at radius 3 is 2.84 bits per heavy atom. The Morgan fingerprint density at radius 1 is 1.47 bits per heavy atom. The molecule has 0 spiro atoms. The summed E-state index contributed by atoms with van der Waals surface area (Å²) in [6.45, 7) is 6.37. The van der Waals surface area contributed by atoms with Crippen molar-refractivity contribution in [3.05, 3.63) is 21.9 Å². The third-order valence-corrected chi connectivity index (χ3v) is 3.36. The van der Waals surface area contributed by atoms with Gasteiger partial charge in [-0.05, 0) is 25.3 Å². The molecule has 1 aromatic heterocycles. The summed E-state index contributed by atoms with van der Waals surface area (Å²) < 4.78 is 0. The van der Waals surface area contributed by atoms with Gasteiger partial charge in [-0.25, -0.2) is 0 Å². The van der Waals surface area contributed by atoms with Crippen molar-refractivity contribution in [3.63, 3.8) is 0 Å². The van der Waals surface area contributed by atoms with Crippen LogP contribution in [0.25, 0.3) is 0 Å². The lowest BCUT2D eigenvalue weighted by atomic mass is 10.1. The molecule has 19 heavy (non-hydrogen) atoms. The molecule has 1 heterocycles. The van der Waals surface area contributed by atoms with E-state index in [1.807, 2.05) is 12.3 Å². The van der Waals surface area contributed by atoms with Gasteiger partial charge in [0, 0.05) is 17.8 Å². The lowest BCUT2D eigenvalue weighted by Crippen LogP contribution is -2.33. The molecule has 4 heteroatoms. The average Bonchev–Trinajstić information content (AvgIpc) is 2.77. The number of rotatable bonds is 5. The van der Waals surface area contributed by atoms with Gasteiger partial charge >= 0.3 is 0 Å². The molecule has 0 saturated carbocycles. The van der Waals surface area contributed by atoms with Crippen molar-refractivity contribution in [1.29, 1.82) is 0 Å². The Kier molecular flexibility index (Phi) is 6.61. The van der Waals surface area contributed by atoms with Gasteiger partial charge in [-0.1, -0.05) is 25.7 Å². The summed E-state index contributed by atoms with van der Waals surface area (Å²) in [5.74, 6) is 6.31. The SMILES string of the molecule is CC(C)CC(C)NC(=O)c1csc(C#CCCO)c1. The van der Waals surface area contributed by atoms with Crippen molar-refractivity contribution >= 4 is 17.2 Å².